The molecular formula is C10H14BrNO5. The van der Waals surface area contributed by atoms with Gasteiger partial charge in [0.1, 0.15) is 6.04 Å². The highest BCUT2D eigenvalue weighted by atomic mass is 79.9. The van der Waals surface area contributed by atoms with E-state index in [0.29, 0.717) is 13.0 Å². The van der Waals surface area contributed by atoms with E-state index in [1.807, 2.05) is 0 Å². The third kappa shape index (κ3) is 3.69. The molecule has 0 saturated carbocycles. The fourth-order valence-electron chi connectivity index (χ4n) is 1.76. The van der Waals surface area contributed by atoms with Gasteiger partial charge >= 0.3 is 11.9 Å². The van der Waals surface area contributed by atoms with E-state index < -0.39 is 18.0 Å². The molecule has 96 valence electrons. The van der Waals surface area contributed by atoms with Gasteiger partial charge in [0.05, 0.1) is 7.11 Å². The molecule has 0 spiro atoms. The van der Waals surface area contributed by atoms with Crippen molar-refractivity contribution in [2.45, 2.75) is 30.1 Å². The number of halogens is 1. The zero-order valence-electron chi connectivity index (χ0n) is 9.39. The number of carbonyl (C=O) groups excluding carboxylic acids is 2. The van der Waals surface area contributed by atoms with Crippen LogP contribution in [0.3, 0.4) is 0 Å². The summed E-state index contributed by atoms with van der Waals surface area (Å²) >= 11 is 3.28. The van der Waals surface area contributed by atoms with E-state index in [1.165, 1.54) is 12.0 Å². The van der Waals surface area contributed by atoms with Crippen LogP contribution in [0.25, 0.3) is 0 Å². The molecule has 1 rings (SSSR count). The minimum Gasteiger partial charge on any atom is -0.480 e. The number of ether oxygens (including phenoxy) is 1. The SMILES string of the molecule is COC(=O)CC[C@@H](C(=O)O)N1CC(Br)CC1=O. The third-order valence-corrected chi connectivity index (χ3v) is 3.24. The predicted molar refractivity (Wildman–Crippen MR) is 61.7 cm³/mol. The van der Waals surface area contributed by atoms with Crippen molar-refractivity contribution in [3.8, 4) is 0 Å². The second kappa shape index (κ2) is 6.00. The minimum absolute atomic E-state index is 0.00972. The monoisotopic (exact) mass is 307 g/mol. The molecule has 0 aromatic rings. The molecule has 1 unspecified atom stereocenters. The molecule has 1 fully saturated rings. The van der Waals surface area contributed by atoms with Gasteiger partial charge < -0.3 is 14.7 Å². The summed E-state index contributed by atoms with van der Waals surface area (Å²) in [6, 6.07) is -0.954. The van der Waals surface area contributed by atoms with E-state index in [-0.39, 0.29) is 23.6 Å². The number of methoxy groups -OCH3 is 1. The molecule has 1 aliphatic rings. The summed E-state index contributed by atoms with van der Waals surface area (Å²) in [7, 11) is 1.24. The first-order valence-electron chi connectivity index (χ1n) is 5.19. The Labute approximate surface area is 107 Å². The average molecular weight is 308 g/mol. The first-order valence-corrected chi connectivity index (χ1v) is 6.10. The molecule has 1 saturated heterocycles. The Morgan fingerprint density at radius 2 is 2.29 bits per heavy atom. The molecule has 6 nitrogen and oxygen atoms in total. The van der Waals surface area contributed by atoms with Crippen LogP contribution >= 0.6 is 15.9 Å². The predicted octanol–water partition coefficient (Wildman–Crippen LogP) is 0.389. The summed E-state index contributed by atoms with van der Waals surface area (Å²) < 4.78 is 4.45. The van der Waals surface area contributed by atoms with E-state index in [1.54, 1.807) is 0 Å². The molecule has 7 heteroatoms. The maximum atomic E-state index is 11.6. The minimum atomic E-state index is -1.09. The summed E-state index contributed by atoms with van der Waals surface area (Å²) in [5.74, 6) is -1.77. The number of likely N-dealkylation sites (tertiary alicyclic amines) is 1. The lowest BCUT2D eigenvalue weighted by atomic mass is 10.1. The lowest BCUT2D eigenvalue weighted by Crippen LogP contribution is -2.42. The largest absolute Gasteiger partial charge is 0.480 e. The molecule has 1 amide bonds. The topological polar surface area (TPSA) is 83.9 Å². The van der Waals surface area contributed by atoms with Crippen molar-refractivity contribution in [3.63, 3.8) is 0 Å². The fraction of sp³-hybridized carbons (Fsp3) is 0.700. The molecule has 1 heterocycles. The van der Waals surface area contributed by atoms with Crippen molar-refractivity contribution in [1.82, 2.24) is 4.90 Å². The highest BCUT2D eigenvalue weighted by Crippen LogP contribution is 2.22. The number of hydrogen-bond acceptors (Lipinski definition) is 4. The van der Waals surface area contributed by atoms with Gasteiger partial charge in [-0.05, 0) is 6.42 Å². The first kappa shape index (κ1) is 14.0. The smallest absolute Gasteiger partial charge is 0.326 e. The zero-order chi connectivity index (χ0) is 13.0. The van der Waals surface area contributed by atoms with Crippen molar-refractivity contribution in [1.29, 1.82) is 0 Å². The van der Waals surface area contributed by atoms with Gasteiger partial charge in [-0.3, -0.25) is 9.59 Å². The average Bonchev–Trinajstić information content (AvgIpc) is 2.57. The molecule has 0 aromatic carbocycles. The molecule has 1 N–H and O–H groups in total. The summed E-state index contributed by atoms with van der Waals surface area (Å²) in [4.78, 5) is 34.9. The van der Waals surface area contributed by atoms with E-state index in [9.17, 15) is 14.4 Å². The Bertz CT molecular complexity index is 333. The second-order valence-corrected chi connectivity index (χ2v) is 5.11. The highest BCUT2D eigenvalue weighted by Gasteiger charge is 2.36. The number of esters is 1. The standard InChI is InChI=1S/C10H14BrNO5/c1-17-9(14)3-2-7(10(15)16)12-5-6(11)4-8(12)13/h6-7H,2-5H2,1H3,(H,15,16)/t6?,7-/m0/s1. The van der Waals surface area contributed by atoms with Gasteiger partial charge in [-0.15, -0.1) is 0 Å². The van der Waals surface area contributed by atoms with Gasteiger partial charge in [0.2, 0.25) is 5.91 Å². The number of nitrogens with zero attached hydrogens (tertiary/aromatic N) is 1. The number of rotatable bonds is 5. The van der Waals surface area contributed by atoms with Crippen LogP contribution in [-0.2, 0) is 19.1 Å². The summed E-state index contributed by atoms with van der Waals surface area (Å²) in [6.07, 6.45) is 0.361. The molecule has 0 aromatic heterocycles. The lowest BCUT2D eigenvalue weighted by molar-refractivity contribution is -0.149. The maximum Gasteiger partial charge on any atom is 0.326 e. The van der Waals surface area contributed by atoms with Gasteiger partial charge in [0.25, 0.3) is 0 Å². The molecule has 0 aliphatic carbocycles. The highest BCUT2D eigenvalue weighted by molar-refractivity contribution is 9.09. The van der Waals surface area contributed by atoms with E-state index in [2.05, 4.69) is 20.7 Å². The van der Waals surface area contributed by atoms with Crippen LogP contribution < -0.4 is 0 Å². The summed E-state index contributed by atoms with van der Waals surface area (Å²) in [5, 5.41) is 9.06. The summed E-state index contributed by atoms with van der Waals surface area (Å²) in [6.45, 7) is 0.358. The molecule has 2 atom stereocenters. The Morgan fingerprint density at radius 1 is 1.65 bits per heavy atom. The quantitative estimate of drug-likeness (QED) is 0.587. The van der Waals surface area contributed by atoms with Crippen molar-refractivity contribution in [2.24, 2.45) is 0 Å². The molecule has 0 bridgehead atoms. The zero-order valence-corrected chi connectivity index (χ0v) is 11.0. The van der Waals surface area contributed by atoms with Crippen LogP contribution in [0, 0.1) is 0 Å². The number of amides is 1. The van der Waals surface area contributed by atoms with Gasteiger partial charge in [0.15, 0.2) is 0 Å². The number of carboxylic acids is 1. The van der Waals surface area contributed by atoms with Crippen LogP contribution in [0.4, 0.5) is 0 Å². The van der Waals surface area contributed by atoms with Crippen LogP contribution in [0.15, 0.2) is 0 Å². The molecular weight excluding hydrogens is 294 g/mol. The van der Waals surface area contributed by atoms with Crippen molar-refractivity contribution in [2.75, 3.05) is 13.7 Å². The van der Waals surface area contributed by atoms with Crippen LogP contribution in [-0.4, -0.2) is 52.4 Å². The number of aliphatic carboxylic acids is 1. The fourth-order valence-corrected chi connectivity index (χ4v) is 2.35. The number of alkyl halides is 1. The first-order chi connectivity index (χ1) is 7.95. The summed E-state index contributed by atoms with van der Waals surface area (Å²) in [5.41, 5.74) is 0. The van der Waals surface area contributed by atoms with Crippen LogP contribution in [0.1, 0.15) is 19.3 Å². The maximum absolute atomic E-state index is 11.6. The van der Waals surface area contributed by atoms with E-state index in [4.69, 9.17) is 5.11 Å². The van der Waals surface area contributed by atoms with Crippen molar-refractivity contribution < 1.29 is 24.2 Å². The molecule has 17 heavy (non-hydrogen) atoms. The van der Waals surface area contributed by atoms with Gasteiger partial charge in [-0.1, -0.05) is 15.9 Å². The second-order valence-electron chi connectivity index (χ2n) is 3.82. The van der Waals surface area contributed by atoms with Crippen molar-refractivity contribution in [3.05, 3.63) is 0 Å². The Kier molecular flexibility index (Phi) is 4.92. The Balaban J connectivity index is 2.63. The number of carboxylic acid groups (broad SMARTS) is 1. The normalized spacial score (nSPS) is 21.4. The molecule has 0 radical (unpaired) electrons. The Morgan fingerprint density at radius 3 is 2.71 bits per heavy atom. The van der Waals surface area contributed by atoms with E-state index >= 15 is 0 Å². The van der Waals surface area contributed by atoms with E-state index in [0.717, 1.165) is 0 Å². The number of carbonyl (C=O) groups is 3. The van der Waals surface area contributed by atoms with Gasteiger partial charge in [-0.2, -0.15) is 0 Å². The molecule has 1 aliphatic heterocycles. The third-order valence-electron chi connectivity index (χ3n) is 2.62. The number of hydrogen-bond donors (Lipinski definition) is 1. The van der Waals surface area contributed by atoms with Gasteiger partial charge in [-0.25, -0.2) is 4.79 Å². The van der Waals surface area contributed by atoms with Gasteiger partial charge in [0, 0.05) is 24.2 Å². The van der Waals surface area contributed by atoms with Crippen molar-refractivity contribution >= 4 is 33.8 Å². The van der Waals surface area contributed by atoms with Crippen LogP contribution in [0.5, 0.6) is 0 Å². The lowest BCUT2D eigenvalue weighted by Gasteiger charge is -2.23. The van der Waals surface area contributed by atoms with Crippen LogP contribution in [0.2, 0.25) is 0 Å². The Hall–Kier alpha value is -1.11.